The number of hydrogen-bond donors (Lipinski definition) is 2. The minimum absolute atomic E-state index is 0.0525. The lowest BCUT2D eigenvalue weighted by Gasteiger charge is -2.26. The van der Waals surface area contributed by atoms with Gasteiger partial charge in [-0.05, 0) is 25.0 Å². The third kappa shape index (κ3) is 3.13. The number of fused-ring (bicyclic) bond motifs is 1. The second-order valence-corrected chi connectivity index (χ2v) is 5.09. The van der Waals surface area contributed by atoms with Crippen LogP contribution in [0.4, 0.5) is 5.69 Å². The minimum atomic E-state index is -0.371. The number of para-hydroxylation sites is 1. The molecule has 1 aromatic rings. The molecular formula is C15H20N2O2. The molecule has 4 nitrogen and oxygen atoms in total. The molecule has 0 aromatic heterocycles. The summed E-state index contributed by atoms with van der Waals surface area (Å²) in [5.41, 5.74) is 1.66. The van der Waals surface area contributed by atoms with Crippen molar-refractivity contribution in [3.05, 3.63) is 29.8 Å². The third-order valence-corrected chi connectivity index (χ3v) is 3.43. The van der Waals surface area contributed by atoms with E-state index in [9.17, 15) is 9.59 Å². The van der Waals surface area contributed by atoms with E-state index in [-0.39, 0.29) is 30.2 Å². The van der Waals surface area contributed by atoms with E-state index >= 15 is 0 Å². The molecule has 0 aliphatic carbocycles. The molecule has 0 radical (unpaired) electrons. The Hall–Kier alpha value is -1.84. The Morgan fingerprint density at radius 3 is 2.95 bits per heavy atom. The Kier molecular flexibility index (Phi) is 4.20. The van der Waals surface area contributed by atoms with Crippen LogP contribution in [-0.2, 0) is 9.59 Å². The van der Waals surface area contributed by atoms with Crippen LogP contribution in [0.15, 0.2) is 24.3 Å². The zero-order valence-electron chi connectivity index (χ0n) is 11.4. The first-order valence-corrected chi connectivity index (χ1v) is 6.81. The maximum atomic E-state index is 12.3. The second-order valence-electron chi connectivity index (χ2n) is 5.09. The molecule has 0 unspecified atom stereocenters. The van der Waals surface area contributed by atoms with Crippen LogP contribution in [0.25, 0.3) is 0 Å². The van der Waals surface area contributed by atoms with Crippen molar-refractivity contribution < 1.29 is 9.59 Å². The Bertz CT molecular complexity index is 485. The number of hydrogen-bond acceptors (Lipinski definition) is 2. The number of carbonyl (C=O) groups excluding carboxylic acids is 2. The Balaban J connectivity index is 2.16. The summed E-state index contributed by atoms with van der Waals surface area (Å²) in [4.78, 5) is 24.0. The molecule has 102 valence electrons. The van der Waals surface area contributed by atoms with Crippen LogP contribution >= 0.6 is 0 Å². The first kappa shape index (κ1) is 13.6. The Labute approximate surface area is 113 Å². The van der Waals surface area contributed by atoms with Gasteiger partial charge in [0.1, 0.15) is 0 Å². The predicted molar refractivity (Wildman–Crippen MR) is 74.9 cm³/mol. The summed E-state index contributed by atoms with van der Waals surface area (Å²) >= 11 is 0. The fraction of sp³-hybridized carbons (Fsp3) is 0.467. The number of amides is 2. The average Bonchev–Trinajstić information content (AvgIpc) is 2.37. The van der Waals surface area contributed by atoms with Gasteiger partial charge in [0, 0.05) is 18.2 Å². The highest BCUT2D eigenvalue weighted by molar-refractivity contribution is 6.01. The Morgan fingerprint density at radius 2 is 2.21 bits per heavy atom. The summed E-state index contributed by atoms with van der Waals surface area (Å²) < 4.78 is 0. The van der Waals surface area contributed by atoms with E-state index in [1.54, 1.807) is 0 Å². The molecule has 0 saturated carbocycles. The monoisotopic (exact) mass is 260 g/mol. The van der Waals surface area contributed by atoms with E-state index < -0.39 is 0 Å². The number of rotatable bonds is 4. The molecule has 0 bridgehead atoms. The quantitative estimate of drug-likeness (QED) is 0.873. The van der Waals surface area contributed by atoms with Crippen molar-refractivity contribution in [1.82, 2.24) is 5.32 Å². The van der Waals surface area contributed by atoms with Gasteiger partial charge < -0.3 is 10.6 Å². The van der Waals surface area contributed by atoms with E-state index in [4.69, 9.17) is 0 Å². The van der Waals surface area contributed by atoms with Gasteiger partial charge in [-0.2, -0.15) is 0 Å². The van der Waals surface area contributed by atoms with Crippen LogP contribution in [0, 0.1) is 0 Å². The summed E-state index contributed by atoms with van der Waals surface area (Å²) in [6.45, 7) is 4.09. The van der Waals surface area contributed by atoms with Crippen molar-refractivity contribution in [3.8, 4) is 0 Å². The molecule has 0 spiro atoms. The van der Waals surface area contributed by atoms with Gasteiger partial charge in [-0.25, -0.2) is 0 Å². The van der Waals surface area contributed by atoms with Crippen molar-refractivity contribution in [2.45, 2.75) is 45.1 Å². The van der Waals surface area contributed by atoms with Crippen molar-refractivity contribution in [2.75, 3.05) is 5.32 Å². The second kappa shape index (κ2) is 5.87. The smallest absolute Gasteiger partial charge is 0.228 e. The maximum Gasteiger partial charge on any atom is 0.228 e. The van der Waals surface area contributed by atoms with E-state index in [1.165, 1.54) is 0 Å². The van der Waals surface area contributed by atoms with Crippen molar-refractivity contribution >= 4 is 17.5 Å². The van der Waals surface area contributed by atoms with Gasteiger partial charge in [0.2, 0.25) is 11.8 Å². The van der Waals surface area contributed by atoms with Crippen molar-refractivity contribution in [3.63, 3.8) is 0 Å². The molecule has 0 fully saturated rings. The van der Waals surface area contributed by atoms with Crippen molar-refractivity contribution in [1.29, 1.82) is 0 Å². The van der Waals surface area contributed by atoms with Crippen LogP contribution in [0.5, 0.6) is 0 Å². The molecule has 1 heterocycles. The summed E-state index contributed by atoms with van der Waals surface area (Å²) in [5, 5.41) is 5.80. The zero-order chi connectivity index (χ0) is 13.8. The standard InChI is InChI=1S/C15H20N2O2/c1-3-6-10(2)16-15(19)12-9-14(18)17-13-8-5-4-7-11(12)13/h4-5,7-8,10,12H,3,6,9H2,1-2H3,(H,16,19)(H,17,18)/t10-,12+/m0/s1. The largest absolute Gasteiger partial charge is 0.353 e. The van der Waals surface area contributed by atoms with Crippen LogP contribution in [0.1, 0.15) is 44.6 Å². The van der Waals surface area contributed by atoms with Crippen LogP contribution in [0.3, 0.4) is 0 Å². The first-order chi connectivity index (χ1) is 9.11. The molecule has 2 atom stereocenters. The molecule has 2 rings (SSSR count). The molecule has 4 heteroatoms. The van der Waals surface area contributed by atoms with Gasteiger partial charge in [0.25, 0.3) is 0 Å². The molecule has 1 aromatic carbocycles. The van der Waals surface area contributed by atoms with Gasteiger partial charge >= 0.3 is 0 Å². The third-order valence-electron chi connectivity index (χ3n) is 3.43. The van der Waals surface area contributed by atoms with Crippen molar-refractivity contribution in [2.24, 2.45) is 0 Å². The SMILES string of the molecule is CCC[C@H](C)NC(=O)[C@@H]1CC(=O)Nc2ccccc21. The first-order valence-electron chi connectivity index (χ1n) is 6.81. The topological polar surface area (TPSA) is 58.2 Å². The molecule has 1 aliphatic heterocycles. The molecule has 19 heavy (non-hydrogen) atoms. The summed E-state index contributed by atoms with van der Waals surface area (Å²) in [5.74, 6) is -0.519. The van der Waals surface area contributed by atoms with E-state index in [2.05, 4.69) is 17.6 Å². The van der Waals surface area contributed by atoms with Crippen LogP contribution in [0.2, 0.25) is 0 Å². The lowest BCUT2D eigenvalue weighted by atomic mass is 9.89. The van der Waals surface area contributed by atoms with Gasteiger partial charge in [0.15, 0.2) is 0 Å². The highest BCUT2D eigenvalue weighted by Crippen LogP contribution is 2.32. The number of benzene rings is 1. The van der Waals surface area contributed by atoms with Crippen LogP contribution in [-0.4, -0.2) is 17.9 Å². The maximum absolute atomic E-state index is 12.3. The highest BCUT2D eigenvalue weighted by Gasteiger charge is 2.30. The fourth-order valence-electron chi connectivity index (χ4n) is 2.49. The van der Waals surface area contributed by atoms with E-state index in [1.807, 2.05) is 31.2 Å². The average molecular weight is 260 g/mol. The molecule has 2 amide bonds. The van der Waals surface area contributed by atoms with Crippen LogP contribution < -0.4 is 10.6 Å². The summed E-state index contributed by atoms with van der Waals surface area (Å²) in [6, 6.07) is 7.64. The van der Waals surface area contributed by atoms with Gasteiger partial charge in [-0.3, -0.25) is 9.59 Å². The zero-order valence-corrected chi connectivity index (χ0v) is 11.4. The molecule has 0 saturated heterocycles. The van der Waals surface area contributed by atoms with Gasteiger partial charge in [-0.1, -0.05) is 31.5 Å². The summed E-state index contributed by atoms with van der Waals surface area (Å²) in [7, 11) is 0. The number of anilines is 1. The van der Waals surface area contributed by atoms with E-state index in [0.29, 0.717) is 0 Å². The minimum Gasteiger partial charge on any atom is -0.353 e. The van der Waals surface area contributed by atoms with E-state index in [0.717, 1.165) is 24.1 Å². The van der Waals surface area contributed by atoms with Gasteiger partial charge in [0.05, 0.1) is 5.92 Å². The normalized spacial score (nSPS) is 19.3. The van der Waals surface area contributed by atoms with Gasteiger partial charge in [-0.15, -0.1) is 0 Å². The molecule has 2 N–H and O–H groups in total. The molecule has 1 aliphatic rings. The fourth-order valence-corrected chi connectivity index (χ4v) is 2.49. The Morgan fingerprint density at radius 1 is 1.47 bits per heavy atom. The summed E-state index contributed by atoms with van der Waals surface area (Å²) in [6.07, 6.45) is 2.21. The lowest BCUT2D eigenvalue weighted by molar-refractivity contribution is -0.126. The highest BCUT2D eigenvalue weighted by atomic mass is 16.2. The lowest BCUT2D eigenvalue weighted by Crippen LogP contribution is -2.39. The number of carbonyl (C=O) groups is 2. The molecular weight excluding hydrogens is 240 g/mol. The number of nitrogens with one attached hydrogen (secondary N) is 2. The predicted octanol–water partition coefficient (Wildman–Crippen LogP) is 2.42.